The molecule has 0 atom stereocenters. The van der Waals surface area contributed by atoms with Crippen molar-refractivity contribution in [3.8, 4) is 5.75 Å². The van der Waals surface area contributed by atoms with Gasteiger partial charge in [-0.15, -0.1) is 0 Å². The summed E-state index contributed by atoms with van der Waals surface area (Å²) in [5, 5.41) is 8.92. The van der Waals surface area contributed by atoms with E-state index in [2.05, 4.69) is 0 Å². The molecule has 2 aromatic rings. The molecule has 0 unspecified atom stereocenters. The van der Waals surface area contributed by atoms with Crippen molar-refractivity contribution in [1.29, 1.82) is 0 Å². The lowest BCUT2D eigenvalue weighted by molar-refractivity contribution is 0.00578. The minimum Gasteiger partial charge on any atom is -0.508 e. The molecule has 172 valence electrons. The van der Waals surface area contributed by atoms with Gasteiger partial charge in [0.25, 0.3) is 0 Å². The lowest BCUT2D eigenvalue weighted by atomic mass is 9.79. The van der Waals surface area contributed by atoms with Crippen molar-refractivity contribution in [2.45, 2.75) is 52.7 Å². The molecule has 0 spiro atoms. The molecular weight excluding hydrogens is 411 g/mol. The number of benzene rings is 2. The summed E-state index contributed by atoms with van der Waals surface area (Å²) in [6.07, 6.45) is 0. The van der Waals surface area contributed by atoms with Crippen LogP contribution >= 0.6 is 0 Å². The molecule has 0 radical (unpaired) electrons. The molecule has 1 fully saturated rings. The Balaban J connectivity index is 0.000000258. The van der Waals surface area contributed by atoms with E-state index in [9.17, 15) is 9.59 Å². The van der Waals surface area contributed by atoms with Crippen LogP contribution in [0.3, 0.4) is 0 Å². The van der Waals surface area contributed by atoms with E-state index in [4.69, 9.17) is 23.9 Å². The zero-order valence-electron chi connectivity index (χ0n) is 19.5. The quantitative estimate of drug-likeness (QED) is 0.557. The van der Waals surface area contributed by atoms with E-state index in [1.165, 1.54) is 24.3 Å². The number of carbonyl (C=O) groups excluding carboxylic acids is 2. The Morgan fingerprint density at radius 3 is 1.53 bits per heavy atom. The predicted octanol–water partition coefficient (Wildman–Crippen LogP) is 3.73. The van der Waals surface area contributed by atoms with Crippen LogP contribution in [0, 0.1) is 0 Å². The van der Waals surface area contributed by atoms with Gasteiger partial charge in [0, 0.05) is 0 Å². The minimum absolute atomic E-state index is 0.142. The van der Waals surface area contributed by atoms with E-state index in [-0.39, 0.29) is 28.9 Å². The first-order valence-electron chi connectivity index (χ1n) is 10.6. The van der Waals surface area contributed by atoms with Crippen LogP contribution < -0.4 is 5.46 Å². The predicted molar refractivity (Wildman–Crippen MR) is 122 cm³/mol. The number of ether oxygens (including phenoxy) is 2. The summed E-state index contributed by atoms with van der Waals surface area (Å²) in [6, 6.07) is 13.1. The maximum absolute atomic E-state index is 11.6. The van der Waals surface area contributed by atoms with Gasteiger partial charge in [0.05, 0.1) is 35.5 Å². The van der Waals surface area contributed by atoms with Gasteiger partial charge in [0.15, 0.2) is 0 Å². The van der Waals surface area contributed by atoms with E-state index >= 15 is 0 Å². The van der Waals surface area contributed by atoms with E-state index < -0.39 is 7.12 Å². The zero-order valence-corrected chi connectivity index (χ0v) is 19.5. The molecule has 32 heavy (non-hydrogen) atoms. The van der Waals surface area contributed by atoms with E-state index in [1.807, 2.05) is 39.8 Å². The fourth-order valence-electron chi connectivity index (χ4n) is 2.78. The smallest absolute Gasteiger partial charge is 0.494 e. The van der Waals surface area contributed by atoms with Gasteiger partial charge in [0.1, 0.15) is 5.75 Å². The second-order valence-electron chi connectivity index (χ2n) is 8.20. The summed E-state index contributed by atoms with van der Waals surface area (Å²) < 4.78 is 21.6. The largest absolute Gasteiger partial charge is 0.508 e. The van der Waals surface area contributed by atoms with Gasteiger partial charge in [-0.25, -0.2) is 9.59 Å². The first kappa shape index (κ1) is 25.4. The topological polar surface area (TPSA) is 91.3 Å². The summed E-state index contributed by atoms with van der Waals surface area (Å²) in [4.78, 5) is 22.7. The zero-order chi connectivity index (χ0) is 23.9. The van der Waals surface area contributed by atoms with Crippen molar-refractivity contribution < 1.29 is 33.5 Å². The lowest BCUT2D eigenvalue weighted by Gasteiger charge is -2.32. The molecular formula is C24H31BO7. The number of carbonyl (C=O) groups is 2. The standard InChI is InChI=1S/C15H21BO4.C9H10O3/c1-6-18-13(17)11-7-9-12(10-8-11)16-19-14(2,3)15(4,5)20-16;1-2-12-9(11)7-3-5-8(10)6-4-7/h7-10H,6H2,1-5H3;3-6,10H,2H2,1H3. The molecule has 1 aliphatic heterocycles. The average Bonchev–Trinajstić information content (AvgIpc) is 2.96. The number of phenols is 1. The van der Waals surface area contributed by atoms with Crippen molar-refractivity contribution in [3.63, 3.8) is 0 Å². The van der Waals surface area contributed by atoms with Crippen LogP contribution in [0.2, 0.25) is 0 Å². The number of hydrogen-bond donors (Lipinski definition) is 1. The van der Waals surface area contributed by atoms with Gasteiger partial charge in [-0.05, 0) is 83.4 Å². The highest BCUT2D eigenvalue weighted by Gasteiger charge is 2.51. The molecule has 3 rings (SSSR count). The second-order valence-corrected chi connectivity index (χ2v) is 8.20. The molecule has 0 aromatic heterocycles. The van der Waals surface area contributed by atoms with Crippen LogP contribution in [0.4, 0.5) is 0 Å². The molecule has 2 aromatic carbocycles. The Morgan fingerprint density at radius 1 is 0.781 bits per heavy atom. The Labute approximate surface area is 189 Å². The number of esters is 2. The first-order chi connectivity index (χ1) is 15.0. The van der Waals surface area contributed by atoms with Gasteiger partial charge in [0.2, 0.25) is 0 Å². The number of hydrogen-bond acceptors (Lipinski definition) is 7. The van der Waals surface area contributed by atoms with Crippen LogP contribution in [0.25, 0.3) is 0 Å². The van der Waals surface area contributed by atoms with E-state index in [0.717, 1.165) is 5.46 Å². The summed E-state index contributed by atoms with van der Waals surface area (Å²) in [5.41, 5.74) is 1.16. The number of phenolic OH excluding ortho intramolecular Hbond substituents is 1. The van der Waals surface area contributed by atoms with Gasteiger partial charge in [-0.2, -0.15) is 0 Å². The fraction of sp³-hybridized carbons (Fsp3) is 0.417. The molecule has 0 amide bonds. The summed E-state index contributed by atoms with van der Waals surface area (Å²) in [7, 11) is -0.406. The van der Waals surface area contributed by atoms with Gasteiger partial charge in [-0.3, -0.25) is 0 Å². The molecule has 0 bridgehead atoms. The van der Waals surface area contributed by atoms with Gasteiger partial charge < -0.3 is 23.9 Å². The maximum Gasteiger partial charge on any atom is 0.494 e. The first-order valence-corrected chi connectivity index (χ1v) is 10.6. The lowest BCUT2D eigenvalue weighted by Crippen LogP contribution is -2.41. The molecule has 1 heterocycles. The third kappa shape index (κ3) is 6.34. The van der Waals surface area contributed by atoms with Gasteiger partial charge in [-0.1, -0.05) is 12.1 Å². The highest BCUT2D eigenvalue weighted by molar-refractivity contribution is 6.62. The Morgan fingerprint density at radius 2 is 1.16 bits per heavy atom. The Bertz CT molecular complexity index is 889. The van der Waals surface area contributed by atoms with Crippen molar-refractivity contribution >= 4 is 24.5 Å². The molecule has 7 nitrogen and oxygen atoms in total. The van der Waals surface area contributed by atoms with Crippen LogP contribution in [0.15, 0.2) is 48.5 Å². The van der Waals surface area contributed by atoms with Crippen molar-refractivity contribution in [3.05, 3.63) is 59.7 Å². The minimum atomic E-state index is -0.406. The molecule has 1 saturated heterocycles. The Hall–Kier alpha value is -2.84. The molecule has 1 N–H and O–H groups in total. The van der Waals surface area contributed by atoms with Crippen molar-refractivity contribution in [2.24, 2.45) is 0 Å². The van der Waals surface area contributed by atoms with Crippen LogP contribution in [0.1, 0.15) is 62.3 Å². The van der Waals surface area contributed by atoms with E-state index in [0.29, 0.717) is 24.3 Å². The highest BCUT2D eigenvalue weighted by Crippen LogP contribution is 2.36. The monoisotopic (exact) mass is 442 g/mol. The summed E-state index contributed by atoms with van der Waals surface area (Å²) >= 11 is 0. The van der Waals surface area contributed by atoms with E-state index in [1.54, 1.807) is 26.0 Å². The molecule has 0 saturated carbocycles. The third-order valence-corrected chi connectivity index (χ3v) is 5.33. The van der Waals surface area contributed by atoms with Crippen molar-refractivity contribution in [2.75, 3.05) is 13.2 Å². The number of rotatable bonds is 5. The maximum atomic E-state index is 11.6. The highest BCUT2D eigenvalue weighted by atomic mass is 16.7. The normalized spacial score (nSPS) is 16.0. The van der Waals surface area contributed by atoms with Gasteiger partial charge >= 0.3 is 19.1 Å². The summed E-state index contributed by atoms with van der Waals surface area (Å²) in [5.74, 6) is -0.534. The van der Waals surface area contributed by atoms with Crippen molar-refractivity contribution in [1.82, 2.24) is 0 Å². The third-order valence-electron chi connectivity index (χ3n) is 5.33. The van der Waals surface area contributed by atoms with Crippen LogP contribution in [-0.4, -0.2) is 48.6 Å². The van der Waals surface area contributed by atoms with Crippen LogP contribution in [0.5, 0.6) is 5.75 Å². The average molecular weight is 442 g/mol. The SMILES string of the molecule is CCOC(=O)c1ccc(B2OC(C)(C)C(C)(C)O2)cc1.CCOC(=O)c1ccc(O)cc1. The fourth-order valence-corrected chi connectivity index (χ4v) is 2.78. The number of aromatic hydroxyl groups is 1. The second kappa shape index (κ2) is 10.7. The Kier molecular flexibility index (Phi) is 8.47. The molecule has 1 aliphatic rings. The molecule has 0 aliphatic carbocycles. The van der Waals surface area contributed by atoms with Crippen LogP contribution in [-0.2, 0) is 18.8 Å². The summed E-state index contributed by atoms with van der Waals surface area (Å²) in [6.45, 7) is 12.3. The molecule has 8 heteroatoms.